The summed E-state index contributed by atoms with van der Waals surface area (Å²) >= 11 is 5.75. The van der Waals surface area contributed by atoms with Gasteiger partial charge >= 0.3 is 0 Å². The topological polar surface area (TPSA) is 49.3 Å². The third kappa shape index (κ3) is 1.51. The fraction of sp³-hybridized carbons (Fsp3) is 0.125. The molecule has 0 heterocycles. The highest BCUT2D eigenvalue weighted by atomic mass is 35.5. The summed E-state index contributed by atoms with van der Waals surface area (Å²) in [6, 6.07) is 3.00. The smallest absolute Gasteiger partial charge is 0.211 e. The molecule has 0 bridgehead atoms. The predicted molar refractivity (Wildman–Crippen MR) is 47.5 cm³/mol. The van der Waals surface area contributed by atoms with Crippen molar-refractivity contribution in [2.75, 3.05) is 5.32 Å². The first kappa shape index (κ1) is 8.87. The molecule has 1 aromatic rings. The molecule has 0 saturated carbocycles. The van der Waals surface area contributed by atoms with Gasteiger partial charge in [0.1, 0.15) is 5.75 Å². The second-order valence-corrected chi connectivity index (χ2v) is 2.74. The van der Waals surface area contributed by atoms with Crippen molar-refractivity contribution in [3.63, 3.8) is 0 Å². The molecule has 0 spiro atoms. The number of benzene rings is 1. The van der Waals surface area contributed by atoms with Gasteiger partial charge in [0.25, 0.3) is 0 Å². The second-order valence-electron chi connectivity index (χ2n) is 2.33. The lowest BCUT2D eigenvalue weighted by molar-refractivity contribution is -0.105. The van der Waals surface area contributed by atoms with Gasteiger partial charge in [-0.15, -0.1) is 0 Å². The maximum absolute atomic E-state index is 10.1. The lowest BCUT2D eigenvalue weighted by atomic mass is 10.2. The van der Waals surface area contributed by atoms with E-state index in [1.165, 1.54) is 12.1 Å². The largest absolute Gasteiger partial charge is 0.508 e. The van der Waals surface area contributed by atoms with Crippen molar-refractivity contribution in [2.24, 2.45) is 0 Å². The van der Waals surface area contributed by atoms with Crippen molar-refractivity contribution in [3.8, 4) is 5.75 Å². The molecular weight excluding hydrogens is 178 g/mol. The lowest BCUT2D eigenvalue weighted by Gasteiger charge is -2.07. The van der Waals surface area contributed by atoms with Crippen LogP contribution in [0.3, 0.4) is 0 Å². The molecule has 3 nitrogen and oxygen atoms in total. The molecule has 4 heteroatoms. The van der Waals surface area contributed by atoms with E-state index in [-0.39, 0.29) is 5.75 Å². The molecule has 0 radical (unpaired) electrons. The van der Waals surface area contributed by atoms with Crippen LogP contribution in [-0.2, 0) is 4.79 Å². The van der Waals surface area contributed by atoms with Gasteiger partial charge in [-0.25, -0.2) is 0 Å². The van der Waals surface area contributed by atoms with Gasteiger partial charge in [-0.2, -0.15) is 0 Å². The lowest BCUT2D eigenvalue weighted by Crippen LogP contribution is -1.97. The monoisotopic (exact) mass is 185 g/mol. The first-order valence-corrected chi connectivity index (χ1v) is 3.73. The van der Waals surface area contributed by atoms with E-state index in [1.807, 2.05) is 0 Å². The van der Waals surface area contributed by atoms with Gasteiger partial charge in [-0.3, -0.25) is 4.79 Å². The summed E-state index contributed by atoms with van der Waals surface area (Å²) < 4.78 is 0. The summed E-state index contributed by atoms with van der Waals surface area (Å²) in [7, 11) is 0. The number of carbonyl (C=O) groups excluding carboxylic acids is 1. The number of nitrogens with one attached hydrogen (secondary N) is 1. The zero-order chi connectivity index (χ0) is 9.14. The Hall–Kier alpha value is -1.22. The molecule has 0 atom stereocenters. The summed E-state index contributed by atoms with van der Waals surface area (Å²) in [5.41, 5.74) is 1.02. The quantitative estimate of drug-likeness (QED) is 0.692. The summed E-state index contributed by atoms with van der Waals surface area (Å²) in [5, 5.41) is 12.1. The summed E-state index contributed by atoms with van der Waals surface area (Å²) in [5.74, 6) is 0.115. The molecule has 1 amide bonds. The van der Waals surface area contributed by atoms with Gasteiger partial charge < -0.3 is 10.4 Å². The summed E-state index contributed by atoms with van der Waals surface area (Å²) in [6.07, 6.45) is 0.521. The first-order chi connectivity index (χ1) is 5.66. The van der Waals surface area contributed by atoms with Crippen LogP contribution in [0, 0.1) is 6.92 Å². The second kappa shape index (κ2) is 3.45. The Morgan fingerprint density at radius 3 is 2.83 bits per heavy atom. The predicted octanol–water partition coefficient (Wildman–Crippen LogP) is 1.92. The van der Waals surface area contributed by atoms with E-state index in [4.69, 9.17) is 11.6 Å². The van der Waals surface area contributed by atoms with Crippen LogP contribution in [0.5, 0.6) is 5.75 Å². The Morgan fingerprint density at radius 1 is 1.58 bits per heavy atom. The standard InChI is InChI=1S/C8H8ClNO2/c1-5-7(12)3-2-6(9)8(5)10-4-11/h2-4,12H,1H3,(H,10,11). The van der Waals surface area contributed by atoms with Crippen molar-refractivity contribution in [2.45, 2.75) is 6.92 Å². The van der Waals surface area contributed by atoms with E-state index in [9.17, 15) is 9.90 Å². The van der Waals surface area contributed by atoms with E-state index in [0.717, 1.165) is 0 Å². The number of hydrogen-bond acceptors (Lipinski definition) is 2. The number of halogens is 1. The fourth-order valence-corrected chi connectivity index (χ4v) is 1.16. The molecule has 2 N–H and O–H groups in total. The molecule has 0 aromatic heterocycles. The number of phenols is 1. The highest BCUT2D eigenvalue weighted by Gasteiger charge is 2.06. The highest BCUT2D eigenvalue weighted by molar-refractivity contribution is 6.33. The van der Waals surface area contributed by atoms with Gasteiger partial charge in [-0.1, -0.05) is 11.6 Å². The van der Waals surface area contributed by atoms with E-state index >= 15 is 0 Å². The van der Waals surface area contributed by atoms with Gasteiger partial charge in [-0.05, 0) is 19.1 Å². The normalized spacial score (nSPS) is 9.50. The molecular formula is C8H8ClNO2. The SMILES string of the molecule is Cc1c(O)ccc(Cl)c1NC=O. The number of amides is 1. The van der Waals surface area contributed by atoms with Crippen LogP contribution in [0.2, 0.25) is 5.02 Å². The van der Waals surface area contributed by atoms with Crippen LogP contribution < -0.4 is 5.32 Å². The average molecular weight is 186 g/mol. The van der Waals surface area contributed by atoms with Crippen molar-refractivity contribution in [1.82, 2.24) is 0 Å². The minimum absolute atomic E-state index is 0.115. The summed E-state index contributed by atoms with van der Waals surface area (Å²) in [4.78, 5) is 10.1. The minimum atomic E-state index is 0.115. The Balaban J connectivity index is 3.22. The van der Waals surface area contributed by atoms with Crippen LogP contribution in [0.4, 0.5) is 5.69 Å². The Kier molecular flexibility index (Phi) is 2.55. The van der Waals surface area contributed by atoms with Crippen LogP contribution >= 0.6 is 11.6 Å². The highest BCUT2D eigenvalue weighted by Crippen LogP contribution is 2.31. The molecule has 1 rings (SSSR count). The van der Waals surface area contributed by atoms with E-state index < -0.39 is 0 Å². The molecule has 0 unspecified atom stereocenters. The third-order valence-corrected chi connectivity index (χ3v) is 1.90. The number of anilines is 1. The molecule has 0 saturated heterocycles. The third-order valence-electron chi connectivity index (χ3n) is 1.59. The van der Waals surface area contributed by atoms with Crippen LogP contribution in [0.25, 0.3) is 0 Å². The number of rotatable bonds is 2. The van der Waals surface area contributed by atoms with Gasteiger partial charge in [0.15, 0.2) is 0 Å². The molecule has 0 aliphatic rings. The van der Waals surface area contributed by atoms with Gasteiger partial charge in [0, 0.05) is 5.56 Å². The molecule has 0 fully saturated rings. The average Bonchev–Trinajstić information content (AvgIpc) is 2.06. The maximum atomic E-state index is 10.1. The van der Waals surface area contributed by atoms with Crippen LogP contribution in [0.15, 0.2) is 12.1 Å². The number of phenolic OH excluding ortho intramolecular Hbond substituents is 1. The van der Waals surface area contributed by atoms with Crippen LogP contribution in [-0.4, -0.2) is 11.5 Å². The number of aromatic hydroxyl groups is 1. The molecule has 0 aliphatic carbocycles. The minimum Gasteiger partial charge on any atom is -0.508 e. The number of hydrogen-bond donors (Lipinski definition) is 2. The van der Waals surface area contributed by atoms with Crippen LogP contribution in [0.1, 0.15) is 5.56 Å². The Bertz CT molecular complexity index is 312. The molecule has 0 aliphatic heterocycles. The van der Waals surface area contributed by atoms with Crippen molar-refractivity contribution in [3.05, 3.63) is 22.7 Å². The van der Waals surface area contributed by atoms with Crippen molar-refractivity contribution < 1.29 is 9.90 Å². The first-order valence-electron chi connectivity index (χ1n) is 3.35. The summed E-state index contributed by atoms with van der Waals surface area (Å²) in [6.45, 7) is 1.67. The zero-order valence-corrected chi connectivity index (χ0v) is 7.22. The van der Waals surface area contributed by atoms with Gasteiger partial charge in [0.05, 0.1) is 10.7 Å². The van der Waals surface area contributed by atoms with E-state index in [0.29, 0.717) is 22.7 Å². The van der Waals surface area contributed by atoms with Crippen molar-refractivity contribution in [1.29, 1.82) is 0 Å². The van der Waals surface area contributed by atoms with E-state index in [2.05, 4.69) is 5.32 Å². The van der Waals surface area contributed by atoms with Gasteiger partial charge in [0.2, 0.25) is 6.41 Å². The number of carbonyl (C=O) groups is 1. The fourth-order valence-electron chi connectivity index (χ4n) is 0.904. The maximum Gasteiger partial charge on any atom is 0.211 e. The van der Waals surface area contributed by atoms with E-state index in [1.54, 1.807) is 6.92 Å². The molecule has 64 valence electrons. The zero-order valence-electron chi connectivity index (χ0n) is 6.47. The Labute approximate surface area is 75.0 Å². The molecule has 1 aromatic carbocycles. The molecule has 12 heavy (non-hydrogen) atoms. The Morgan fingerprint density at radius 2 is 2.25 bits per heavy atom. The van der Waals surface area contributed by atoms with Crippen molar-refractivity contribution >= 4 is 23.7 Å².